The largest absolute Gasteiger partial charge is 0.396 e. The van der Waals surface area contributed by atoms with Gasteiger partial charge in [-0.25, -0.2) is 0 Å². The van der Waals surface area contributed by atoms with Gasteiger partial charge in [-0.15, -0.1) is 11.8 Å². The number of hydrogen-bond donors (Lipinski definition) is 1. The first kappa shape index (κ1) is 18.2. The van der Waals surface area contributed by atoms with Crippen molar-refractivity contribution in [2.24, 2.45) is 0 Å². The van der Waals surface area contributed by atoms with E-state index in [1.165, 1.54) is 19.3 Å². The molecular formula is C19H24O. The third-order valence-electron chi connectivity index (χ3n) is 2.40. The highest BCUT2D eigenvalue weighted by atomic mass is 16.2. The molecule has 0 fully saturated rings. The summed E-state index contributed by atoms with van der Waals surface area (Å²) in [5.74, 6) is 24.0. The lowest BCUT2D eigenvalue weighted by molar-refractivity contribution is 0.290. The summed E-state index contributed by atoms with van der Waals surface area (Å²) in [5, 5.41) is 8.56. The monoisotopic (exact) mass is 268 g/mol. The third kappa shape index (κ3) is 16.2. The molecule has 0 amide bonds. The molecule has 0 unspecified atom stereocenters. The maximum absolute atomic E-state index is 8.56. The van der Waals surface area contributed by atoms with Gasteiger partial charge in [-0.05, 0) is 12.8 Å². The number of hydrogen-bond acceptors (Lipinski definition) is 1. The van der Waals surface area contributed by atoms with E-state index >= 15 is 0 Å². The Kier molecular flexibility index (Phi) is 15.7. The normalized spacial score (nSPS) is 7.90. The predicted octanol–water partition coefficient (Wildman–Crippen LogP) is 3.52. The lowest BCUT2D eigenvalue weighted by Gasteiger charge is -1.87. The molecule has 0 aromatic heterocycles. The van der Waals surface area contributed by atoms with Crippen molar-refractivity contribution in [2.75, 3.05) is 6.61 Å². The van der Waals surface area contributed by atoms with Crippen LogP contribution in [0.4, 0.5) is 0 Å². The van der Waals surface area contributed by atoms with Crippen LogP contribution < -0.4 is 0 Å². The molecule has 1 N–H and O–H groups in total. The molecule has 20 heavy (non-hydrogen) atoms. The fraction of sp³-hybridized carbons (Fsp3) is 0.579. The summed E-state index contributed by atoms with van der Waals surface area (Å²) in [4.78, 5) is 0. The van der Waals surface area contributed by atoms with Crippen molar-refractivity contribution in [3.63, 3.8) is 0 Å². The molecule has 1 heteroatoms. The van der Waals surface area contributed by atoms with Crippen molar-refractivity contribution in [1.82, 2.24) is 0 Å². The van der Waals surface area contributed by atoms with Gasteiger partial charge in [-0.2, -0.15) is 0 Å². The molecule has 0 bridgehead atoms. The van der Waals surface area contributed by atoms with Crippen molar-refractivity contribution in [3.05, 3.63) is 0 Å². The van der Waals surface area contributed by atoms with Gasteiger partial charge in [0.15, 0.2) is 0 Å². The van der Waals surface area contributed by atoms with E-state index in [2.05, 4.69) is 54.3 Å². The lowest BCUT2D eigenvalue weighted by Crippen LogP contribution is -1.78. The van der Waals surface area contributed by atoms with Crippen molar-refractivity contribution in [3.8, 4) is 47.4 Å². The van der Waals surface area contributed by atoms with Gasteiger partial charge in [0, 0.05) is 19.4 Å². The Bertz CT molecular complexity index is 457. The zero-order chi connectivity index (χ0) is 14.7. The fourth-order valence-electron chi connectivity index (χ4n) is 1.32. The number of aliphatic hydroxyl groups is 1. The molecule has 0 aliphatic heterocycles. The van der Waals surface area contributed by atoms with Gasteiger partial charge in [0.2, 0.25) is 0 Å². The van der Waals surface area contributed by atoms with Crippen LogP contribution in [0.5, 0.6) is 0 Å². The summed E-state index contributed by atoms with van der Waals surface area (Å²) >= 11 is 0. The van der Waals surface area contributed by atoms with Crippen LogP contribution in [0, 0.1) is 47.4 Å². The Morgan fingerprint density at radius 2 is 1.05 bits per heavy atom. The minimum atomic E-state index is 0.206. The van der Waals surface area contributed by atoms with Gasteiger partial charge in [0.25, 0.3) is 0 Å². The summed E-state index contributed by atoms with van der Waals surface area (Å²) in [6.07, 6.45) is 8.01. The molecule has 0 saturated carbocycles. The van der Waals surface area contributed by atoms with Gasteiger partial charge in [-0.3, -0.25) is 0 Å². The summed E-state index contributed by atoms with van der Waals surface area (Å²) in [5.41, 5.74) is 0. The van der Waals surface area contributed by atoms with Gasteiger partial charge in [-0.1, -0.05) is 55.3 Å². The maximum atomic E-state index is 8.56. The summed E-state index contributed by atoms with van der Waals surface area (Å²) in [7, 11) is 0. The highest BCUT2D eigenvalue weighted by Gasteiger charge is 1.79. The quantitative estimate of drug-likeness (QED) is 0.597. The second-order valence-corrected chi connectivity index (χ2v) is 4.23. The standard InChI is InChI=1S/C19H24O/c1-2-3-4-5-6-7-8-9-10-11-12-13-14-15-16-17-18-19-20/h20H,2-5,8,11,14,17-19H2,1H3. The van der Waals surface area contributed by atoms with E-state index in [-0.39, 0.29) is 6.61 Å². The Labute approximate surface area is 124 Å². The Morgan fingerprint density at radius 1 is 0.600 bits per heavy atom. The van der Waals surface area contributed by atoms with E-state index in [0.717, 1.165) is 19.3 Å². The molecule has 0 aliphatic rings. The second kappa shape index (κ2) is 17.2. The van der Waals surface area contributed by atoms with E-state index in [4.69, 9.17) is 5.11 Å². The van der Waals surface area contributed by atoms with Gasteiger partial charge < -0.3 is 5.11 Å². The van der Waals surface area contributed by atoms with Crippen LogP contribution in [0.3, 0.4) is 0 Å². The number of unbranched alkanes of at least 4 members (excludes halogenated alkanes) is 4. The van der Waals surface area contributed by atoms with Crippen LogP contribution in [0.15, 0.2) is 0 Å². The van der Waals surface area contributed by atoms with E-state index in [1.54, 1.807) is 0 Å². The Morgan fingerprint density at radius 3 is 1.50 bits per heavy atom. The first-order chi connectivity index (χ1) is 9.91. The van der Waals surface area contributed by atoms with Crippen LogP contribution in [-0.2, 0) is 0 Å². The van der Waals surface area contributed by atoms with Crippen LogP contribution in [0.1, 0.15) is 64.7 Å². The van der Waals surface area contributed by atoms with E-state index in [9.17, 15) is 0 Å². The zero-order valence-electron chi connectivity index (χ0n) is 12.5. The Hall–Kier alpha value is -1.80. The first-order valence-corrected chi connectivity index (χ1v) is 7.35. The average Bonchev–Trinajstić information content (AvgIpc) is 2.47. The van der Waals surface area contributed by atoms with Crippen LogP contribution in [0.25, 0.3) is 0 Å². The van der Waals surface area contributed by atoms with Gasteiger partial charge in [0.1, 0.15) is 0 Å². The molecule has 0 aromatic rings. The van der Waals surface area contributed by atoms with Crippen molar-refractivity contribution >= 4 is 0 Å². The molecule has 0 rings (SSSR count). The predicted molar refractivity (Wildman–Crippen MR) is 85.4 cm³/mol. The molecular weight excluding hydrogens is 244 g/mol. The smallest absolute Gasteiger partial charge is 0.0703 e. The highest BCUT2D eigenvalue weighted by molar-refractivity contribution is 5.18. The maximum Gasteiger partial charge on any atom is 0.0703 e. The molecule has 0 heterocycles. The molecule has 1 nitrogen and oxygen atoms in total. The van der Waals surface area contributed by atoms with Gasteiger partial charge >= 0.3 is 0 Å². The Balaban J connectivity index is 3.55. The van der Waals surface area contributed by atoms with Crippen LogP contribution in [0.2, 0.25) is 0 Å². The number of aliphatic hydroxyl groups excluding tert-OH is 1. The van der Waals surface area contributed by atoms with E-state index in [1.807, 2.05) is 0 Å². The summed E-state index contributed by atoms with van der Waals surface area (Å²) in [6.45, 7) is 2.40. The molecule has 0 aromatic carbocycles. The molecule has 0 radical (unpaired) electrons. The topological polar surface area (TPSA) is 20.2 Å². The van der Waals surface area contributed by atoms with Gasteiger partial charge in [0.05, 0.1) is 19.3 Å². The van der Waals surface area contributed by atoms with E-state index in [0.29, 0.717) is 19.3 Å². The molecule has 0 aliphatic carbocycles. The van der Waals surface area contributed by atoms with Crippen molar-refractivity contribution in [2.45, 2.75) is 64.7 Å². The minimum Gasteiger partial charge on any atom is -0.396 e. The zero-order valence-corrected chi connectivity index (χ0v) is 12.5. The second-order valence-electron chi connectivity index (χ2n) is 4.23. The van der Waals surface area contributed by atoms with Crippen LogP contribution in [-0.4, -0.2) is 11.7 Å². The minimum absolute atomic E-state index is 0.206. The molecule has 106 valence electrons. The molecule has 0 saturated heterocycles. The third-order valence-corrected chi connectivity index (χ3v) is 2.40. The number of rotatable bonds is 5. The SMILES string of the molecule is CCCCCC#CCC#CCC#CCC#CCCCO. The summed E-state index contributed by atoms with van der Waals surface area (Å²) in [6, 6.07) is 0. The molecule has 0 atom stereocenters. The molecule has 0 spiro atoms. The van der Waals surface area contributed by atoms with Crippen LogP contribution >= 0.6 is 0 Å². The fourth-order valence-corrected chi connectivity index (χ4v) is 1.32. The lowest BCUT2D eigenvalue weighted by atomic mass is 10.2. The highest BCUT2D eigenvalue weighted by Crippen LogP contribution is 1.96. The van der Waals surface area contributed by atoms with Crippen molar-refractivity contribution in [1.29, 1.82) is 0 Å². The van der Waals surface area contributed by atoms with E-state index < -0.39 is 0 Å². The van der Waals surface area contributed by atoms with Crippen molar-refractivity contribution < 1.29 is 5.11 Å². The summed E-state index contributed by atoms with van der Waals surface area (Å²) < 4.78 is 0. The average molecular weight is 268 g/mol. The first-order valence-electron chi connectivity index (χ1n) is 7.35.